The SMILES string of the molecule is CCCOc1nc(N)nc(NCC2(N(C)C)CCC2)n1. The number of nitrogen functional groups attached to an aromatic ring is 1. The highest BCUT2D eigenvalue weighted by Gasteiger charge is 2.38. The number of nitrogens with one attached hydrogen (secondary N) is 1. The lowest BCUT2D eigenvalue weighted by Gasteiger charge is -2.47. The van der Waals surface area contributed by atoms with Gasteiger partial charge in [0.05, 0.1) is 6.61 Å². The van der Waals surface area contributed by atoms with Crippen LogP contribution in [0.2, 0.25) is 0 Å². The summed E-state index contributed by atoms with van der Waals surface area (Å²) in [6, 6.07) is 0.286. The highest BCUT2D eigenvalue weighted by Crippen LogP contribution is 2.36. The van der Waals surface area contributed by atoms with E-state index >= 15 is 0 Å². The molecule has 0 radical (unpaired) electrons. The van der Waals surface area contributed by atoms with Crippen molar-refractivity contribution in [2.24, 2.45) is 0 Å². The van der Waals surface area contributed by atoms with Crippen LogP contribution in [-0.4, -0.2) is 52.6 Å². The predicted molar refractivity (Wildman–Crippen MR) is 78.8 cm³/mol. The summed E-state index contributed by atoms with van der Waals surface area (Å²) in [5, 5.41) is 3.26. The van der Waals surface area contributed by atoms with Gasteiger partial charge < -0.3 is 20.7 Å². The maximum Gasteiger partial charge on any atom is 0.323 e. The first-order valence-electron chi connectivity index (χ1n) is 7.11. The van der Waals surface area contributed by atoms with Gasteiger partial charge in [0, 0.05) is 12.1 Å². The fourth-order valence-corrected chi connectivity index (χ4v) is 2.32. The molecule has 0 saturated heterocycles. The summed E-state index contributed by atoms with van der Waals surface area (Å²) in [6.07, 6.45) is 4.54. The molecule has 1 aliphatic carbocycles. The minimum absolute atomic E-state index is 0.182. The smallest absolute Gasteiger partial charge is 0.323 e. The Hall–Kier alpha value is -1.63. The number of rotatable bonds is 7. The number of hydrogen-bond donors (Lipinski definition) is 2. The van der Waals surface area contributed by atoms with Gasteiger partial charge >= 0.3 is 6.01 Å². The predicted octanol–water partition coefficient (Wildman–Crippen LogP) is 1.14. The number of hydrogen-bond acceptors (Lipinski definition) is 7. The lowest BCUT2D eigenvalue weighted by atomic mass is 9.75. The largest absolute Gasteiger partial charge is 0.463 e. The molecule has 3 N–H and O–H groups in total. The molecule has 0 aliphatic heterocycles. The van der Waals surface area contributed by atoms with E-state index in [0.29, 0.717) is 12.6 Å². The summed E-state index contributed by atoms with van der Waals surface area (Å²) < 4.78 is 5.40. The van der Waals surface area contributed by atoms with Crippen LogP contribution in [0.1, 0.15) is 32.6 Å². The molecule has 1 aromatic rings. The zero-order valence-electron chi connectivity index (χ0n) is 12.5. The van der Waals surface area contributed by atoms with E-state index in [1.54, 1.807) is 0 Å². The summed E-state index contributed by atoms with van der Waals surface area (Å²) in [5.74, 6) is 0.665. The Morgan fingerprint density at radius 2 is 2.05 bits per heavy atom. The van der Waals surface area contributed by atoms with E-state index < -0.39 is 0 Å². The molecule has 1 aliphatic rings. The van der Waals surface area contributed by atoms with E-state index in [1.807, 2.05) is 6.92 Å². The van der Waals surface area contributed by atoms with Crippen molar-refractivity contribution in [3.05, 3.63) is 0 Å². The third-order valence-electron chi connectivity index (χ3n) is 3.88. The van der Waals surface area contributed by atoms with Crippen molar-refractivity contribution >= 4 is 11.9 Å². The Morgan fingerprint density at radius 3 is 2.60 bits per heavy atom. The standard InChI is InChI=1S/C13H24N6O/c1-4-8-20-12-17-10(14)16-11(18-12)15-9-13(19(2)3)6-5-7-13/h4-9H2,1-3H3,(H3,14,15,16,17,18). The monoisotopic (exact) mass is 280 g/mol. The zero-order chi connectivity index (χ0) is 14.6. The van der Waals surface area contributed by atoms with E-state index in [0.717, 1.165) is 13.0 Å². The zero-order valence-corrected chi connectivity index (χ0v) is 12.5. The third-order valence-corrected chi connectivity index (χ3v) is 3.88. The molecule has 0 amide bonds. The van der Waals surface area contributed by atoms with Crippen molar-refractivity contribution in [2.75, 3.05) is 38.3 Å². The van der Waals surface area contributed by atoms with Crippen LogP contribution in [0.15, 0.2) is 0 Å². The molecule has 0 spiro atoms. The van der Waals surface area contributed by atoms with Gasteiger partial charge in [0.15, 0.2) is 0 Å². The van der Waals surface area contributed by atoms with Crippen LogP contribution in [0, 0.1) is 0 Å². The number of aromatic nitrogens is 3. The van der Waals surface area contributed by atoms with E-state index in [2.05, 4.69) is 39.3 Å². The Labute approximate surface area is 119 Å². The first-order chi connectivity index (χ1) is 9.55. The van der Waals surface area contributed by atoms with Crippen LogP contribution in [0.25, 0.3) is 0 Å². The summed E-state index contributed by atoms with van der Waals surface area (Å²) in [4.78, 5) is 14.6. The highest BCUT2D eigenvalue weighted by atomic mass is 16.5. The maximum absolute atomic E-state index is 5.68. The molecule has 0 aromatic carbocycles. The summed E-state index contributed by atoms with van der Waals surface area (Å²) in [5.41, 5.74) is 5.88. The first-order valence-corrected chi connectivity index (χ1v) is 7.11. The Kier molecular flexibility index (Phi) is 4.59. The molecule has 20 heavy (non-hydrogen) atoms. The summed E-state index contributed by atoms with van der Waals surface area (Å²) >= 11 is 0. The molecule has 112 valence electrons. The van der Waals surface area contributed by atoms with Crippen molar-refractivity contribution < 1.29 is 4.74 Å². The number of anilines is 2. The van der Waals surface area contributed by atoms with Gasteiger partial charge in [-0.3, -0.25) is 0 Å². The Bertz CT molecular complexity index is 446. The normalized spacial score (nSPS) is 16.8. The lowest BCUT2D eigenvalue weighted by molar-refractivity contribution is 0.0737. The van der Waals surface area contributed by atoms with Gasteiger partial charge in [0.2, 0.25) is 11.9 Å². The molecule has 7 nitrogen and oxygen atoms in total. The van der Waals surface area contributed by atoms with Crippen molar-refractivity contribution in [3.8, 4) is 6.01 Å². The molecule has 1 heterocycles. The molecule has 0 unspecified atom stereocenters. The fourth-order valence-electron chi connectivity index (χ4n) is 2.32. The average molecular weight is 280 g/mol. The van der Waals surface area contributed by atoms with Crippen LogP contribution in [-0.2, 0) is 0 Å². The van der Waals surface area contributed by atoms with Crippen LogP contribution in [0.3, 0.4) is 0 Å². The summed E-state index contributed by atoms with van der Waals surface area (Å²) in [6.45, 7) is 3.41. The van der Waals surface area contributed by atoms with Crippen molar-refractivity contribution in [2.45, 2.75) is 38.1 Å². The van der Waals surface area contributed by atoms with Crippen LogP contribution in [0.4, 0.5) is 11.9 Å². The Morgan fingerprint density at radius 1 is 1.30 bits per heavy atom. The molecule has 2 rings (SSSR count). The van der Waals surface area contributed by atoms with Crippen LogP contribution >= 0.6 is 0 Å². The van der Waals surface area contributed by atoms with E-state index in [1.165, 1.54) is 19.3 Å². The fraction of sp³-hybridized carbons (Fsp3) is 0.769. The van der Waals surface area contributed by atoms with Crippen LogP contribution in [0.5, 0.6) is 6.01 Å². The van der Waals surface area contributed by atoms with Crippen molar-refractivity contribution in [1.82, 2.24) is 19.9 Å². The first kappa shape index (κ1) is 14.8. The molecular formula is C13H24N6O. The topological polar surface area (TPSA) is 89.2 Å². The number of ether oxygens (including phenoxy) is 1. The summed E-state index contributed by atoms with van der Waals surface area (Å²) in [7, 11) is 4.22. The molecule has 0 atom stereocenters. The molecule has 0 bridgehead atoms. The van der Waals surface area contributed by atoms with Crippen LogP contribution < -0.4 is 15.8 Å². The van der Waals surface area contributed by atoms with E-state index in [-0.39, 0.29) is 17.5 Å². The number of nitrogens with zero attached hydrogens (tertiary/aromatic N) is 4. The van der Waals surface area contributed by atoms with Gasteiger partial charge in [0.1, 0.15) is 0 Å². The molecular weight excluding hydrogens is 256 g/mol. The highest BCUT2D eigenvalue weighted by molar-refractivity contribution is 5.33. The average Bonchev–Trinajstić information content (AvgIpc) is 2.34. The Balaban J connectivity index is 2.00. The minimum Gasteiger partial charge on any atom is -0.463 e. The quantitative estimate of drug-likeness (QED) is 0.774. The second-order valence-electron chi connectivity index (χ2n) is 5.47. The van der Waals surface area contributed by atoms with Gasteiger partial charge in [-0.2, -0.15) is 15.0 Å². The molecule has 1 fully saturated rings. The van der Waals surface area contributed by atoms with E-state index in [9.17, 15) is 0 Å². The van der Waals surface area contributed by atoms with Crippen molar-refractivity contribution in [3.63, 3.8) is 0 Å². The van der Waals surface area contributed by atoms with Gasteiger partial charge in [-0.1, -0.05) is 6.92 Å². The van der Waals surface area contributed by atoms with Crippen molar-refractivity contribution in [1.29, 1.82) is 0 Å². The number of likely N-dealkylation sites (N-methyl/N-ethyl adjacent to an activating group) is 1. The van der Waals surface area contributed by atoms with Gasteiger partial charge in [-0.25, -0.2) is 0 Å². The van der Waals surface area contributed by atoms with E-state index in [4.69, 9.17) is 10.5 Å². The maximum atomic E-state index is 5.68. The lowest BCUT2D eigenvalue weighted by Crippen LogP contribution is -2.54. The second kappa shape index (κ2) is 6.21. The minimum atomic E-state index is 0.182. The van der Waals surface area contributed by atoms with Gasteiger partial charge in [-0.15, -0.1) is 0 Å². The molecule has 7 heteroatoms. The number of nitrogens with two attached hydrogens (primary N) is 1. The third kappa shape index (κ3) is 3.27. The molecule has 1 saturated carbocycles. The molecule has 1 aromatic heterocycles. The van der Waals surface area contributed by atoms with Gasteiger partial charge in [-0.05, 0) is 39.8 Å². The second-order valence-corrected chi connectivity index (χ2v) is 5.47. The van der Waals surface area contributed by atoms with Gasteiger partial charge in [0.25, 0.3) is 0 Å².